The second-order valence-electron chi connectivity index (χ2n) is 1.24. The lowest BCUT2D eigenvalue weighted by Gasteiger charge is -1.93. The molecule has 0 amide bonds. The minimum Gasteiger partial charge on any atom is -0.208 e. The quantitative estimate of drug-likeness (QED) is 0.553. The van der Waals surface area contributed by atoms with Crippen LogP contribution in [0.1, 0.15) is 0 Å². The molecular weight excluding hydrogens is 138 g/mol. The molecule has 0 aliphatic rings. The number of hydrogen-bond acceptors (Lipinski definition) is 2. The molecule has 50 valence electrons. The van der Waals surface area contributed by atoms with Crippen LogP contribution >= 0.6 is 0 Å². The van der Waals surface area contributed by atoms with Crippen molar-refractivity contribution in [3.05, 3.63) is 12.0 Å². The fraction of sp³-hybridized carbons (Fsp3) is 0.200. The van der Waals surface area contributed by atoms with Crippen LogP contribution in [-0.2, 0) is 10.0 Å². The van der Waals surface area contributed by atoms with Gasteiger partial charge in [0, 0.05) is 5.41 Å². The Morgan fingerprint density at radius 1 is 1.78 bits per heavy atom. The molecule has 0 aromatic heterocycles. The van der Waals surface area contributed by atoms with Crippen LogP contribution in [0.25, 0.3) is 0 Å². The summed E-state index contributed by atoms with van der Waals surface area (Å²) >= 11 is 0. The zero-order chi connectivity index (χ0) is 7.33. The van der Waals surface area contributed by atoms with Crippen LogP contribution in [0, 0.1) is 12.3 Å². The standard InChI is InChI=1S/C5H7NO2S/c1-3-5-6-9(7,8)4-2/h1,4,6H,2,5H2. The van der Waals surface area contributed by atoms with Gasteiger partial charge in [-0.15, -0.1) is 6.42 Å². The number of sulfonamides is 1. The summed E-state index contributed by atoms with van der Waals surface area (Å²) in [5.74, 6) is 2.12. The zero-order valence-electron chi connectivity index (χ0n) is 4.79. The van der Waals surface area contributed by atoms with Crippen molar-refractivity contribution in [1.29, 1.82) is 0 Å². The third kappa shape index (κ3) is 3.76. The first-order valence-electron chi connectivity index (χ1n) is 2.18. The van der Waals surface area contributed by atoms with Gasteiger partial charge in [-0.25, -0.2) is 8.42 Å². The number of nitrogens with one attached hydrogen (secondary N) is 1. The number of rotatable bonds is 3. The van der Waals surface area contributed by atoms with E-state index in [4.69, 9.17) is 6.42 Å². The first-order chi connectivity index (χ1) is 4.12. The maximum atomic E-state index is 10.4. The van der Waals surface area contributed by atoms with E-state index in [9.17, 15) is 8.42 Å². The summed E-state index contributed by atoms with van der Waals surface area (Å²) in [6, 6.07) is 0. The highest BCUT2D eigenvalue weighted by molar-refractivity contribution is 7.92. The molecule has 0 aromatic carbocycles. The van der Waals surface area contributed by atoms with Gasteiger partial charge in [0.2, 0.25) is 10.0 Å². The maximum absolute atomic E-state index is 10.4. The van der Waals surface area contributed by atoms with Crippen molar-refractivity contribution < 1.29 is 8.42 Å². The van der Waals surface area contributed by atoms with Crippen LogP contribution in [0.5, 0.6) is 0 Å². The Kier molecular flexibility index (Phi) is 2.99. The third-order valence-corrected chi connectivity index (χ3v) is 1.58. The summed E-state index contributed by atoms with van der Waals surface area (Å²) in [6.07, 6.45) is 4.78. The molecule has 3 nitrogen and oxygen atoms in total. The van der Waals surface area contributed by atoms with Gasteiger partial charge in [-0.05, 0) is 0 Å². The Balaban J connectivity index is 3.93. The Morgan fingerprint density at radius 2 is 2.33 bits per heavy atom. The fourth-order valence-electron chi connectivity index (χ4n) is 0.201. The van der Waals surface area contributed by atoms with E-state index in [1.165, 1.54) is 0 Å². The van der Waals surface area contributed by atoms with Crippen LogP contribution in [0.2, 0.25) is 0 Å². The molecule has 0 atom stereocenters. The summed E-state index contributed by atoms with van der Waals surface area (Å²) in [7, 11) is -3.31. The summed E-state index contributed by atoms with van der Waals surface area (Å²) in [5, 5.41) is 0.810. The topological polar surface area (TPSA) is 46.2 Å². The largest absolute Gasteiger partial charge is 0.233 e. The van der Waals surface area contributed by atoms with E-state index < -0.39 is 10.0 Å². The highest BCUT2D eigenvalue weighted by Gasteiger charge is 1.98. The Bertz CT molecular complexity index is 222. The molecular formula is C5H7NO2S. The predicted octanol–water partition coefficient (Wildman–Crippen LogP) is -0.317. The van der Waals surface area contributed by atoms with Crippen molar-refractivity contribution >= 4 is 10.0 Å². The van der Waals surface area contributed by atoms with E-state index in [0.29, 0.717) is 0 Å². The highest BCUT2D eigenvalue weighted by Crippen LogP contribution is 1.79. The van der Waals surface area contributed by atoms with Gasteiger partial charge in [0.25, 0.3) is 0 Å². The molecule has 0 heterocycles. The molecule has 0 radical (unpaired) electrons. The molecule has 0 spiro atoms. The lowest BCUT2D eigenvalue weighted by Crippen LogP contribution is -2.20. The summed E-state index contributed by atoms with van der Waals surface area (Å²) in [5.41, 5.74) is 0. The van der Waals surface area contributed by atoms with Gasteiger partial charge in [-0.2, -0.15) is 4.72 Å². The van der Waals surface area contributed by atoms with Crippen LogP contribution in [0.4, 0.5) is 0 Å². The molecule has 4 heteroatoms. The van der Waals surface area contributed by atoms with Crippen molar-refractivity contribution in [3.8, 4) is 12.3 Å². The lowest BCUT2D eigenvalue weighted by molar-refractivity contribution is 0.595. The zero-order valence-corrected chi connectivity index (χ0v) is 5.61. The van der Waals surface area contributed by atoms with Gasteiger partial charge in [0.15, 0.2) is 0 Å². The van der Waals surface area contributed by atoms with Gasteiger partial charge >= 0.3 is 0 Å². The molecule has 0 saturated carbocycles. The van der Waals surface area contributed by atoms with E-state index >= 15 is 0 Å². The van der Waals surface area contributed by atoms with E-state index in [1.807, 2.05) is 0 Å². The van der Waals surface area contributed by atoms with Crippen LogP contribution < -0.4 is 4.72 Å². The predicted molar refractivity (Wildman–Crippen MR) is 36.0 cm³/mol. The minimum atomic E-state index is -3.31. The second kappa shape index (κ2) is 3.28. The first kappa shape index (κ1) is 8.21. The highest BCUT2D eigenvalue weighted by atomic mass is 32.2. The molecule has 0 fully saturated rings. The van der Waals surface area contributed by atoms with Crippen molar-refractivity contribution in [2.24, 2.45) is 0 Å². The van der Waals surface area contributed by atoms with Crippen LogP contribution in [-0.4, -0.2) is 15.0 Å². The summed E-state index contributed by atoms with van der Waals surface area (Å²) in [6.45, 7) is 3.07. The van der Waals surface area contributed by atoms with Crippen molar-refractivity contribution in [1.82, 2.24) is 4.72 Å². The molecule has 1 N–H and O–H groups in total. The summed E-state index contributed by atoms with van der Waals surface area (Å²) in [4.78, 5) is 0. The molecule has 0 rings (SSSR count). The molecule has 0 unspecified atom stereocenters. The normalized spacial score (nSPS) is 10.1. The summed E-state index contributed by atoms with van der Waals surface area (Å²) < 4.78 is 22.9. The van der Waals surface area contributed by atoms with Crippen LogP contribution in [0.15, 0.2) is 12.0 Å². The van der Waals surface area contributed by atoms with E-state index in [2.05, 4.69) is 17.2 Å². The average molecular weight is 145 g/mol. The average Bonchev–Trinajstić information content (AvgIpc) is 1.84. The monoisotopic (exact) mass is 145 g/mol. The van der Waals surface area contributed by atoms with E-state index in [-0.39, 0.29) is 6.54 Å². The molecule has 9 heavy (non-hydrogen) atoms. The van der Waals surface area contributed by atoms with Gasteiger partial charge < -0.3 is 0 Å². The van der Waals surface area contributed by atoms with Crippen molar-refractivity contribution in [2.75, 3.05) is 6.54 Å². The van der Waals surface area contributed by atoms with Gasteiger partial charge in [0.05, 0.1) is 6.54 Å². The SMILES string of the molecule is C#CCNS(=O)(=O)C=C. The van der Waals surface area contributed by atoms with Gasteiger partial charge in [-0.3, -0.25) is 0 Å². The lowest BCUT2D eigenvalue weighted by atomic mass is 10.7. The number of hydrogen-bond donors (Lipinski definition) is 1. The molecule has 0 aliphatic heterocycles. The Hall–Kier alpha value is -0.790. The van der Waals surface area contributed by atoms with E-state index in [0.717, 1.165) is 5.41 Å². The van der Waals surface area contributed by atoms with Gasteiger partial charge in [0.1, 0.15) is 0 Å². The third-order valence-electron chi connectivity index (χ3n) is 0.595. The second-order valence-corrected chi connectivity index (χ2v) is 2.95. The maximum Gasteiger partial charge on any atom is 0.233 e. The smallest absolute Gasteiger partial charge is 0.208 e. The Morgan fingerprint density at radius 3 is 2.67 bits per heavy atom. The fourth-order valence-corrected chi connectivity index (χ4v) is 0.604. The molecule has 0 saturated heterocycles. The van der Waals surface area contributed by atoms with Gasteiger partial charge in [-0.1, -0.05) is 12.5 Å². The van der Waals surface area contributed by atoms with Crippen molar-refractivity contribution in [2.45, 2.75) is 0 Å². The molecule has 0 aliphatic carbocycles. The van der Waals surface area contributed by atoms with Crippen LogP contribution in [0.3, 0.4) is 0 Å². The first-order valence-corrected chi connectivity index (χ1v) is 3.72. The Labute approximate surface area is 54.8 Å². The van der Waals surface area contributed by atoms with Crippen molar-refractivity contribution in [3.63, 3.8) is 0 Å². The molecule has 0 aromatic rings. The number of terminal acetylenes is 1. The van der Waals surface area contributed by atoms with E-state index in [1.54, 1.807) is 0 Å². The minimum absolute atomic E-state index is 0.00829. The molecule has 0 bridgehead atoms.